The van der Waals surface area contributed by atoms with E-state index in [2.05, 4.69) is 5.32 Å². The zero-order valence-corrected chi connectivity index (χ0v) is 12.0. The van der Waals surface area contributed by atoms with Crippen LogP contribution in [0.25, 0.3) is 0 Å². The number of thiophene rings is 1. The number of aliphatic carboxylic acids is 1. The summed E-state index contributed by atoms with van der Waals surface area (Å²) in [7, 11) is 0. The highest BCUT2D eigenvalue weighted by molar-refractivity contribution is 7.09. The van der Waals surface area contributed by atoms with Crippen LogP contribution in [0.2, 0.25) is 0 Å². The number of carboxylic acids is 1. The molecule has 21 heavy (non-hydrogen) atoms. The largest absolute Gasteiger partial charge is 0.480 e. The Labute approximate surface area is 126 Å². The molecule has 0 bridgehead atoms. The van der Waals surface area contributed by atoms with E-state index in [1.54, 1.807) is 0 Å². The number of amides is 1. The Morgan fingerprint density at radius 1 is 1.19 bits per heavy atom. The van der Waals surface area contributed by atoms with Crippen molar-refractivity contribution in [2.45, 2.75) is 19.1 Å². The molecule has 0 saturated heterocycles. The van der Waals surface area contributed by atoms with E-state index in [9.17, 15) is 9.59 Å². The molecular formula is C15H15NO4S. The lowest BCUT2D eigenvalue weighted by Gasteiger charge is -2.13. The van der Waals surface area contributed by atoms with E-state index >= 15 is 0 Å². The zero-order valence-electron chi connectivity index (χ0n) is 11.2. The third kappa shape index (κ3) is 4.92. The van der Waals surface area contributed by atoms with Crippen molar-refractivity contribution in [2.24, 2.45) is 0 Å². The molecule has 1 aromatic heterocycles. The van der Waals surface area contributed by atoms with Crippen LogP contribution in [0.15, 0.2) is 47.8 Å². The molecule has 1 heterocycles. The first kappa shape index (κ1) is 15.1. The Kier molecular flexibility index (Phi) is 5.34. The van der Waals surface area contributed by atoms with Crippen LogP contribution in [0, 0.1) is 0 Å². The summed E-state index contributed by atoms with van der Waals surface area (Å²) in [6.07, 6.45) is -0.490. The van der Waals surface area contributed by atoms with Crippen molar-refractivity contribution in [3.05, 3.63) is 58.3 Å². The summed E-state index contributed by atoms with van der Waals surface area (Å²) in [4.78, 5) is 23.7. The number of carbonyl (C=O) groups is 2. The molecule has 0 radical (unpaired) electrons. The molecule has 0 aliphatic heterocycles. The molecule has 1 aromatic carbocycles. The number of hydrogen-bond acceptors (Lipinski definition) is 4. The Morgan fingerprint density at radius 3 is 2.57 bits per heavy atom. The lowest BCUT2D eigenvalue weighted by atomic mass is 10.2. The van der Waals surface area contributed by atoms with Gasteiger partial charge < -0.3 is 15.2 Å². The summed E-state index contributed by atoms with van der Waals surface area (Å²) in [5.41, 5.74) is 0.845. The van der Waals surface area contributed by atoms with Crippen molar-refractivity contribution in [1.82, 2.24) is 5.32 Å². The number of carboxylic acid groups (broad SMARTS) is 1. The van der Waals surface area contributed by atoms with Gasteiger partial charge in [0.05, 0.1) is 0 Å². The number of ether oxygens (including phenoxy) is 1. The normalized spacial score (nSPS) is 11.6. The van der Waals surface area contributed by atoms with Crippen molar-refractivity contribution < 1.29 is 19.4 Å². The van der Waals surface area contributed by atoms with E-state index in [0.717, 1.165) is 10.4 Å². The third-order valence-corrected chi connectivity index (χ3v) is 3.69. The maximum atomic E-state index is 11.7. The third-order valence-electron chi connectivity index (χ3n) is 2.79. The predicted molar refractivity (Wildman–Crippen MR) is 79.2 cm³/mol. The SMILES string of the molecule is O=C(NC(Cc1cccs1)C(=O)O)OCc1ccccc1. The van der Waals surface area contributed by atoms with Gasteiger partial charge >= 0.3 is 12.1 Å². The summed E-state index contributed by atoms with van der Waals surface area (Å²) in [5.74, 6) is -1.08. The fourth-order valence-electron chi connectivity index (χ4n) is 1.74. The number of rotatable bonds is 6. The topological polar surface area (TPSA) is 75.6 Å². The molecule has 1 atom stereocenters. The van der Waals surface area contributed by atoms with Crippen LogP contribution in [0.5, 0.6) is 0 Å². The van der Waals surface area contributed by atoms with Gasteiger partial charge in [0.15, 0.2) is 0 Å². The molecule has 0 aliphatic carbocycles. The van der Waals surface area contributed by atoms with Gasteiger partial charge in [0.2, 0.25) is 0 Å². The van der Waals surface area contributed by atoms with Gasteiger partial charge in [0, 0.05) is 11.3 Å². The Morgan fingerprint density at radius 2 is 1.95 bits per heavy atom. The Hall–Kier alpha value is -2.34. The van der Waals surface area contributed by atoms with Crippen molar-refractivity contribution in [3.8, 4) is 0 Å². The molecule has 2 aromatic rings. The lowest BCUT2D eigenvalue weighted by molar-refractivity contribution is -0.139. The number of nitrogens with one attached hydrogen (secondary N) is 1. The molecular weight excluding hydrogens is 290 g/mol. The molecule has 2 rings (SSSR count). The molecule has 6 heteroatoms. The second-order valence-electron chi connectivity index (χ2n) is 4.38. The fraction of sp³-hybridized carbons (Fsp3) is 0.200. The van der Waals surface area contributed by atoms with E-state index in [0.29, 0.717) is 0 Å². The van der Waals surface area contributed by atoms with Crippen LogP contribution in [0.4, 0.5) is 4.79 Å². The first-order chi connectivity index (χ1) is 10.1. The Balaban J connectivity index is 1.85. The highest BCUT2D eigenvalue weighted by atomic mass is 32.1. The van der Waals surface area contributed by atoms with Crippen LogP contribution >= 0.6 is 11.3 Å². The quantitative estimate of drug-likeness (QED) is 0.860. The second kappa shape index (κ2) is 7.44. The minimum absolute atomic E-state index is 0.109. The number of hydrogen-bond donors (Lipinski definition) is 2. The number of alkyl carbamates (subject to hydrolysis) is 1. The lowest BCUT2D eigenvalue weighted by Crippen LogP contribution is -2.42. The van der Waals surface area contributed by atoms with Gasteiger partial charge in [-0.1, -0.05) is 36.4 Å². The molecule has 1 amide bonds. The predicted octanol–water partition coefficient (Wildman–Crippen LogP) is 2.67. The van der Waals surface area contributed by atoms with Crippen LogP contribution < -0.4 is 5.32 Å². The fourth-order valence-corrected chi connectivity index (χ4v) is 2.49. The highest BCUT2D eigenvalue weighted by Gasteiger charge is 2.21. The summed E-state index contributed by atoms with van der Waals surface area (Å²) < 4.78 is 5.02. The van der Waals surface area contributed by atoms with Gasteiger partial charge in [-0.25, -0.2) is 9.59 Å². The summed E-state index contributed by atoms with van der Waals surface area (Å²) in [6.45, 7) is 0.109. The maximum Gasteiger partial charge on any atom is 0.408 e. The molecule has 0 fully saturated rings. The summed E-state index contributed by atoms with van der Waals surface area (Å²) >= 11 is 1.45. The smallest absolute Gasteiger partial charge is 0.408 e. The van der Waals surface area contributed by atoms with E-state index in [1.165, 1.54) is 11.3 Å². The second-order valence-corrected chi connectivity index (χ2v) is 5.41. The molecule has 0 saturated carbocycles. The van der Waals surface area contributed by atoms with Gasteiger partial charge in [0.1, 0.15) is 12.6 Å². The van der Waals surface area contributed by atoms with Crippen LogP contribution in [-0.4, -0.2) is 23.2 Å². The van der Waals surface area contributed by atoms with Crippen molar-refractivity contribution in [2.75, 3.05) is 0 Å². The summed E-state index contributed by atoms with van der Waals surface area (Å²) in [6, 6.07) is 11.9. The van der Waals surface area contributed by atoms with Crippen molar-refractivity contribution >= 4 is 23.4 Å². The molecule has 5 nitrogen and oxygen atoms in total. The van der Waals surface area contributed by atoms with Gasteiger partial charge in [-0.3, -0.25) is 0 Å². The monoisotopic (exact) mass is 305 g/mol. The average Bonchev–Trinajstić information content (AvgIpc) is 2.98. The van der Waals surface area contributed by atoms with E-state index in [1.807, 2.05) is 47.8 Å². The van der Waals surface area contributed by atoms with Crippen LogP contribution in [0.1, 0.15) is 10.4 Å². The molecule has 2 N–H and O–H groups in total. The van der Waals surface area contributed by atoms with Crippen LogP contribution in [-0.2, 0) is 22.6 Å². The van der Waals surface area contributed by atoms with Crippen molar-refractivity contribution in [3.63, 3.8) is 0 Å². The minimum atomic E-state index is -1.08. The van der Waals surface area contributed by atoms with E-state index in [4.69, 9.17) is 9.84 Å². The first-order valence-electron chi connectivity index (χ1n) is 6.37. The van der Waals surface area contributed by atoms with Crippen LogP contribution in [0.3, 0.4) is 0 Å². The molecule has 1 unspecified atom stereocenters. The standard InChI is InChI=1S/C15H15NO4S/c17-14(18)13(9-12-7-4-8-21-12)16-15(19)20-10-11-5-2-1-3-6-11/h1-8,13H,9-10H2,(H,16,19)(H,17,18). The van der Waals surface area contributed by atoms with E-state index in [-0.39, 0.29) is 13.0 Å². The van der Waals surface area contributed by atoms with Gasteiger partial charge in [-0.2, -0.15) is 0 Å². The number of benzene rings is 1. The molecule has 110 valence electrons. The Bertz CT molecular complexity index is 583. The van der Waals surface area contributed by atoms with Gasteiger partial charge in [-0.05, 0) is 17.0 Å². The minimum Gasteiger partial charge on any atom is -0.480 e. The number of carbonyl (C=O) groups excluding carboxylic acids is 1. The van der Waals surface area contributed by atoms with Gasteiger partial charge in [0.25, 0.3) is 0 Å². The van der Waals surface area contributed by atoms with E-state index < -0.39 is 18.1 Å². The van der Waals surface area contributed by atoms with Crippen molar-refractivity contribution in [1.29, 1.82) is 0 Å². The zero-order chi connectivity index (χ0) is 15.1. The average molecular weight is 305 g/mol. The molecule has 0 spiro atoms. The van der Waals surface area contributed by atoms with Gasteiger partial charge in [-0.15, -0.1) is 11.3 Å². The highest BCUT2D eigenvalue weighted by Crippen LogP contribution is 2.11. The maximum absolute atomic E-state index is 11.7. The first-order valence-corrected chi connectivity index (χ1v) is 7.25. The molecule has 0 aliphatic rings. The summed E-state index contributed by atoms with van der Waals surface area (Å²) in [5, 5.41) is 13.4.